The fourth-order valence-electron chi connectivity index (χ4n) is 3.56. The third-order valence-corrected chi connectivity index (χ3v) is 4.92. The summed E-state index contributed by atoms with van der Waals surface area (Å²) < 4.78 is 0. The maximum atomic E-state index is 12.7. The summed E-state index contributed by atoms with van der Waals surface area (Å²) >= 11 is 0. The lowest BCUT2D eigenvalue weighted by Crippen LogP contribution is -2.40. The predicted octanol–water partition coefficient (Wildman–Crippen LogP) is 3.15. The number of hydrogen-bond acceptors (Lipinski definition) is 3. The second-order valence-corrected chi connectivity index (χ2v) is 6.91. The summed E-state index contributed by atoms with van der Waals surface area (Å²) in [5, 5.41) is 2.98. The third-order valence-electron chi connectivity index (χ3n) is 4.92. The normalized spacial score (nSPS) is 20.1. The lowest BCUT2D eigenvalue weighted by molar-refractivity contribution is -0.138. The summed E-state index contributed by atoms with van der Waals surface area (Å²) in [6.45, 7) is 6.38. The molecule has 0 aliphatic heterocycles. The number of carbonyl (C=O) groups is 2. The molecule has 2 rings (SSSR count). The van der Waals surface area contributed by atoms with E-state index in [0.29, 0.717) is 6.54 Å². The molecule has 0 atom stereocenters. The van der Waals surface area contributed by atoms with Crippen molar-refractivity contribution in [2.24, 2.45) is 11.8 Å². The van der Waals surface area contributed by atoms with Crippen LogP contribution in [0.2, 0.25) is 0 Å². The first-order chi connectivity index (χ1) is 12.2. The van der Waals surface area contributed by atoms with Gasteiger partial charge in [-0.25, -0.2) is 0 Å². The molecule has 0 aromatic carbocycles. The molecule has 138 valence electrons. The van der Waals surface area contributed by atoms with Gasteiger partial charge in [-0.3, -0.25) is 14.6 Å². The minimum atomic E-state index is 0.0264. The van der Waals surface area contributed by atoms with Gasteiger partial charge in [-0.15, -0.1) is 0 Å². The number of nitrogens with one attached hydrogen (secondary N) is 1. The molecule has 1 aromatic rings. The van der Waals surface area contributed by atoms with Crippen molar-refractivity contribution in [3.63, 3.8) is 0 Å². The van der Waals surface area contributed by atoms with Crippen molar-refractivity contribution >= 4 is 11.8 Å². The molecule has 1 heterocycles. The molecule has 0 radical (unpaired) electrons. The van der Waals surface area contributed by atoms with Gasteiger partial charge in [0.15, 0.2) is 0 Å². The zero-order chi connectivity index (χ0) is 18.1. The first kappa shape index (κ1) is 19.4. The molecule has 1 aliphatic rings. The Labute approximate surface area is 151 Å². The van der Waals surface area contributed by atoms with Crippen LogP contribution in [-0.2, 0) is 16.1 Å². The second-order valence-electron chi connectivity index (χ2n) is 6.91. The Morgan fingerprint density at radius 1 is 1.08 bits per heavy atom. The average Bonchev–Trinajstić information content (AvgIpc) is 2.66. The van der Waals surface area contributed by atoms with Crippen LogP contribution in [0.1, 0.15) is 58.1 Å². The zero-order valence-electron chi connectivity index (χ0n) is 15.5. The first-order valence-electron chi connectivity index (χ1n) is 9.62. The Hall–Kier alpha value is -1.91. The predicted molar refractivity (Wildman–Crippen MR) is 98.7 cm³/mol. The molecule has 5 heteroatoms. The fourth-order valence-corrected chi connectivity index (χ4v) is 3.56. The van der Waals surface area contributed by atoms with Gasteiger partial charge >= 0.3 is 0 Å². The van der Waals surface area contributed by atoms with Crippen LogP contribution in [-0.4, -0.2) is 34.8 Å². The number of aromatic nitrogens is 1. The lowest BCUT2D eigenvalue weighted by atomic mass is 9.81. The van der Waals surface area contributed by atoms with E-state index in [4.69, 9.17) is 0 Å². The topological polar surface area (TPSA) is 62.3 Å². The molecule has 1 N–H and O–H groups in total. The van der Waals surface area contributed by atoms with E-state index >= 15 is 0 Å². The minimum Gasteiger partial charge on any atom is -0.350 e. The van der Waals surface area contributed by atoms with Gasteiger partial charge in [0, 0.05) is 31.1 Å². The Kier molecular flexibility index (Phi) is 7.89. The van der Waals surface area contributed by atoms with E-state index in [-0.39, 0.29) is 23.7 Å². The molecule has 0 bridgehead atoms. The van der Waals surface area contributed by atoms with Gasteiger partial charge in [0.1, 0.15) is 0 Å². The monoisotopic (exact) mass is 345 g/mol. The van der Waals surface area contributed by atoms with Crippen LogP contribution < -0.4 is 5.32 Å². The maximum absolute atomic E-state index is 12.7. The van der Waals surface area contributed by atoms with Crippen molar-refractivity contribution in [1.82, 2.24) is 15.2 Å². The third kappa shape index (κ3) is 5.83. The van der Waals surface area contributed by atoms with Crippen LogP contribution in [0.15, 0.2) is 24.4 Å². The second kappa shape index (κ2) is 10.2. The Balaban J connectivity index is 1.78. The molecular weight excluding hydrogens is 314 g/mol. The highest BCUT2D eigenvalue weighted by Crippen LogP contribution is 2.30. The summed E-state index contributed by atoms with van der Waals surface area (Å²) in [6.07, 6.45) is 6.98. The van der Waals surface area contributed by atoms with Crippen molar-refractivity contribution in [3.8, 4) is 0 Å². The van der Waals surface area contributed by atoms with Crippen molar-refractivity contribution in [3.05, 3.63) is 30.1 Å². The average molecular weight is 345 g/mol. The van der Waals surface area contributed by atoms with Crippen molar-refractivity contribution in [2.75, 3.05) is 13.1 Å². The maximum Gasteiger partial charge on any atom is 0.225 e. The molecule has 2 amide bonds. The Bertz CT molecular complexity index is 533. The van der Waals surface area contributed by atoms with Gasteiger partial charge in [0.05, 0.1) is 12.2 Å². The molecule has 0 spiro atoms. The number of nitrogens with zero attached hydrogens (tertiary/aromatic N) is 2. The number of hydrogen-bond donors (Lipinski definition) is 1. The van der Waals surface area contributed by atoms with Crippen LogP contribution in [0.25, 0.3) is 0 Å². The Morgan fingerprint density at radius 2 is 1.72 bits per heavy atom. The van der Waals surface area contributed by atoms with E-state index in [9.17, 15) is 9.59 Å². The lowest BCUT2D eigenvalue weighted by Gasteiger charge is -2.31. The molecule has 0 saturated heterocycles. The molecular formula is C20H31N3O2. The van der Waals surface area contributed by atoms with Crippen molar-refractivity contribution in [1.29, 1.82) is 0 Å². The molecule has 0 unspecified atom stereocenters. The van der Waals surface area contributed by atoms with Crippen LogP contribution in [0.4, 0.5) is 0 Å². The van der Waals surface area contributed by atoms with Gasteiger partial charge in [0.2, 0.25) is 11.8 Å². The number of carbonyl (C=O) groups excluding carboxylic acids is 2. The number of rotatable bonds is 8. The van der Waals surface area contributed by atoms with Crippen molar-refractivity contribution in [2.45, 2.75) is 58.9 Å². The van der Waals surface area contributed by atoms with Crippen LogP contribution in [0, 0.1) is 11.8 Å². The molecule has 25 heavy (non-hydrogen) atoms. The molecule has 1 aliphatic carbocycles. The summed E-state index contributed by atoms with van der Waals surface area (Å²) in [5.41, 5.74) is 0.870. The van der Waals surface area contributed by atoms with Gasteiger partial charge < -0.3 is 10.2 Å². The van der Waals surface area contributed by atoms with Gasteiger partial charge in [-0.05, 0) is 50.7 Å². The summed E-state index contributed by atoms with van der Waals surface area (Å²) in [4.78, 5) is 31.3. The van der Waals surface area contributed by atoms with E-state index in [2.05, 4.69) is 24.1 Å². The molecule has 1 aromatic heterocycles. The Morgan fingerprint density at radius 3 is 2.28 bits per heavy atom. The van der Waals surface area contributed by atoms with Crippen LogP contribution in [0.5, 0.6) is 0 Å². The van der Waals surface area contributed by atoms with E-state index in [0.717, 1.165) is 57.3 Å². The van der Waals surface area contributed by atoms with E-state index in [1.807, 2.05) is 23.1 Å². The zero-order valence-corrected chi connectivity index (χ0v) is 15.5. The van der Waals surface area contributed by atoms with Crippen LogP contribution >= 0.6 is 0 Å². The quantitative estimate of drug-likeness (QED) is 0.787. The molecule has 1 saturated carbocycles. The van der Waals surface area contributed by atoms with E-state index in [1.165, 1.54) is 0 Å². The number of pyridine rings is 1. The van der Waals surface area contributed by atoms with Gasteiger partial charge in [0.25, 0.3) is 0 Å². The fraction of sp³-hybridized carbons (Fsp3) is 0.650. The van der Waals surface area contributed by atoms with Gasteiger partial charge in [-0.2, -0.15) is 0 Å². The largest absolute Gasteiger partial charge is 0.350 e. The summed E-state index contributed by atoms with van der Waals surface area (Å²) in [5.74, 6) is 0.503. The summed E-state index contributed by atoms with van der Waals surface area (Å²) in [6, 6.07) is 5.69. The summed E-state index contributed by atoms with van der Waals surface area (Å²) in [7, 11) is 0. The first-order valence-corrected chi connectivity index (χ1v) is 9.62. The van der Waals surface area contributed by atoms with E-state index in [1.54, 1.807) is 6.20 Å². The molecule has 5 nitrogen and oxygen atoms in total. The SMILES string of the molecule is CCCN(CCC)C(=O)C1CCC(C(=O)NCc2ccccn2)CC1. The highest BCUT2D eigenvalue weighted by Gasteiger charge is 2.31. The minimum absolute atomic E-state index is 0.0264. The van der Waals surface area contributed by atoms with Crippen LogP contribution in [0.3, 0.4) is 0 Å². The van der Waals surface area contributed by atoms with E-state index < -0.39 is 0 Å². The highest BCUT2D eigenvalue weighted by atomic mass is 16.2. The number of amides is 2. The van der Waals surface area contributed by atoms with Crippen molar-refractivity contribution < 1.29 is 9.59 Å². The highest BCUT2D eigenvalue weighted by molar-refractivity contribution is 5.81. The smallest absolute Gasteiger partial charge is 0.225 e. The molecule has 1 fully saturated rings. The standard InChI is InChI=1S/C20H31N3O2/c1-3-13-23(14-4-2)20(25)17-10-8-16(9-11-17)19(24)22-15-18-7-5-6-12-21-18/h5-7,12,16-17H,3-4,8-11,13-15H2,1-2H3,(H,22,24). The van der Waals surface area contributed by atoms with Gasteiger partial charge in [-0.1, -0.05) is 19.9 Å².